The number of carbonyl (C=O) groups is 3. The van der Waals surface area contributed by atoms with Gasteiger partial charge < -0.3 is 19.6 Å². The van der Waals surface area contributed by atoms with Gasteiger partial charge in [-0.15, -0.1) is 0 Å². The van der Waals surface area contributed by atoms with E-state index in [0.717, 1.165) is 12.2 Å². The van der Waals surface area contributed by atoms with Gasteiger partial charge in [-0.2, -0.15) is 0 Å². The van der Waals surface area contributed by atoms with Gasteiger partial charge in [-0.25, -0.2) is 0 Å². The molecule has 1 aliphatic rings. The Bertz CT molecular complexity index is 635. The topological polar surface area (TPSA) is 87.2 Å². The zero-order valence-corrected chi connectivity index (χ0v) is 15.8. The van der Waals surface area contributed by atoms with Crippen molar-refractivity contribution >= 4 is 17.8 Å². The second-order valence-corrected chi connectivity index (χ2v) is 6.77. The van der Waals surface area contributed by atoms with Gasteiger partial charge in [-0.1, -0.05) is 18.2 Å². The lowest BCUT2D eigenvalue weighted by atomic mass is 10.1. The Kier molecular flexibility index (Phi) is 8.10. The first-order chi connectivity index (χ1) is 13.0. The van der Waals surface area contributed by atoms with Crippen LogP contribution in [0.1, 0.15) is 39.0 Å². The van der Waals surface area contributed by atoms with Crippen molar-refractivity contribution in [3.63, 3.8) is 0 Å². The second kappa shape index (κ2) is 10.5. The highest BCUT2D eigenvalue weighted by Gasteiger charge is 2.27. The molecule has 0 aliphatic carbocycles. The van der Waals surface area contributed by atoms with E-state index in [1.54, 1.807) is 0 Å². The average Bonchev–Trinajstić information content (AvgIpc) is 2.90. The van der Waals surface area contributed by atoms with Gasteiger partial charge in [0.25, 0.3) is 0 Å². The predicted molar refractivity (Wildman–Crippen MR) is 100 cm³/mol. The molecule has 1 aliphatic heterocycles. The first-order valence-electron chi connectivity index (χ1n) is 9.42. The third-order valence-electron chi connectivity index (χ3n) is 4.75. The van der Waals surface area contributed by atoms with Crippen LogP contribution in [0.3, 0.4) is 0 Å². The van der Waals surface area contributed by atoms with E-state index < -0.39 is 5.97 Å². The number of para-hydroxylation sites is 1. The number of carboxylic acids is 1. The first kappa shape index (κ1) is 20.7. The summed E-state index contributed by atoms with van der Waals surface area (Å²) in [5, 5.41) is 9.01. The number of nitrogens with zero attached hydrogens (tertiary/aromatic N) is 2. The van der Waals surface area contributed by atoms with Crippen LogP contribution in [0.25, 0.3) is 0 Å². The van der Waals surface area contributed by atoms with Crippen molar-refractivity contribution in [1.82, 2.24) is 9.80 Å². The van der Waals surface area contributed by atoms with Crippen LogP contribution in [0, 0.1) is 0 Å². The molecule has 27 heavy (non-hydrogen) atoms. The van der Waals surface area contributed by atoms with Crippen LogP contribution in [0.5, 0.6) is 5.75 Å². The number of rotatable bonds is 8. The zero-order chi connectivity index (χ0) is 19.6. The molecule has 2 amide bonds. The molecular weight excluding hydrogens is 348 g/mol. The number of carbonyl (C=O) groups excluding carboxylic acids is 2. The molecule has 1 aromatic rings. The maximum atomic E-state index is 12.4. The summed E-state index contributed by atoms with van der Waals surface area (Å²) in [7, 11) is 0. The van der Waals surface area contributed by atoms with E-state index in [-0.39, 0.29) is 24.4 Å². The van der Waals surface area contributed by atoms with E-state index >= 15 is 0 Å². The summed E-state index contributed by atoms with van der Waals surface area (Å²) < 4.78 is 5.61. The van der Waals surface area contributed by atoms with Gasteiger partial charge in [-0.05, 0) is 37.8 Å². The Morgan fingerprint density at radius 2 is 1.93 bits per heavy atom. The fourth-order valence-corrected chi connectivity index (χ4v) is 3.37. The van der Waals surface area contributed by atoms with E-state index in [9.17, 15) is 14.4 Å². The quantitative estimate of drug-likeness (QED) is 0.703. The monoisotopic (exact) mass is 376 g/mol. The Balaban J connectivity index is 1.76. The molecule has 1 aromatic carbocycles. The van der Waals surface area contributed by atoms with Crippen LogP contribution in [0.15, 0.2) is 30.3 Å². The molecule has 148 valence electrons. The van der Waals surface area contributed by atoms with Crippen LogP contribution in [0.2, 0.25) is 0 Å². The highest BCUT2D eigenvalue weighted by molar-refractivity contribution is 5.80. The predicted octanol–water partition coefficient (Wildman–Crippen LogP) is 2.16. The van der Waals surface area contributed by atoms with Crippen molar-refractivity contribution in [2.24, 2.45) is 0 Å². The lowest BCUT2D eigenvalue weighted by Gasteiger charge is -2.28. The minimum Gasteiger partial charge on any atom is -0.494 e. The molecule has 0 saturated carbocycles. The maximum Gasteiger partial charge on any atom is 0.323 e. The van der Waals surface area contributed by atoms with Gasteiger partial charge in [0, 0.05) is 32.5 Å². The molecule has 0 radical (unpaired) electrons. The largest absolute Gasteiger partial charge is 0.494 e. The normalized spacial score (nSPS) is 17.1. The number of aliphatic carboxylic acids is 1. The molecule has 1 unspecified atom stereocenters. The number of hydrogen-bond acceptors (Lipinski definition) is 4. The zero-order valence-electron chi connectivity index (χ0n) is 15.8. The van der Waals surface area contributed by atoms with E-state index in [0.29, 0.717) is 45.4 Å². The fraction of sp³-hybridized carbons (Fsp3) is 0.550. The highest BCUT2D eigenvalue weighted by Crippen LogP contribution is 2.18. The summed E-state index contributed by atoms with van der Waals surface area (Å²) in [6.07, 6.45) is 3.16. The molecule has 1 atom stereocenters. The van der Waals surface area contributed by atoms with Crippen molar-refractivity contribution in [3.05, 3.63) is 30.3 Å². The van der Waals surface area contributed by atoms with Crippen LogP contribution in [0.4, 0.5) is 0 Å². The summed E-state index contributed by atoms with van der Waals surface area (Å²) in [5.41, 5.74) is 0. The SMILES string of the molecule is CC(=O)N(CC(=O)O)C1CCCN(C(=O)CCCOc2ccccc2)CC1. The average molecular weight is 376 g/mol. The van der Waals surface area contributed by atoms with E-state index in [4.69, 9.17) is 9.84 Å². The third-order valence-corrected chi connectivity index (χ3v) is 4.75. The molecule has 1 saturated heterocycles. The van der Waals surface area contributed by atoms with Crippen molar-refractivity contribution in [1.29, 1.82) is 0 Å². The van der Waals surface area contributed by atoms with Gasteiger partial charge in [-0.3, -0.25) is 14.4 Å². The van der Waals surface area contributed by atoms with Crippen molar-refractivity contribution in [3.8, 4) is 5.75 Å². The van der Waals surface area contributed by atoms with Gasteiger partial charge in [0.15, 0.2) is 0 Å². The van der Waals surface area contributed by atoms with Crippen molar-refractivity contribution in [2.75, 3.05) is 26.2 Å². The number of hydrogen-bond donors (Lipinski definition) is 1. The summed E-state index contributed by atoms with van der Waals surface area (Å²) >= 11 is 0. The van der Waals surface area contributed by atoms with Crippen LogP contribution < -0.4 is 4.74 Å². The van der Waals surface area contributed by atoms with Crippen LogP contribution >= 0.6 is 0 Å². The third kappa shape index (κ3) is 6.92. The number of likely N-dealkylation sites (tertiary alicyclic amines) is 1. The Labute approximate surface area is 159 Å². The minimum absolute atomic E-state index is 0.0833. The number of amides is 2. The van der Waals surface area contributed by atoms with Gasteiger partial charge in [0.05, 0.1) is 6.61 Å². The lowest BCUT2D eigenvalue weighted by Crippen LogP contribution is -2.43. The smallest absolute Gasteiger partial charge is 0.323 e. The molecule has 7 heteroatoms. The molecule has 0 spiro atoms. The van der Waals surface area contributed by atoms with E-state index in [1.807, 2.05) is 35.2 Å². The Hall–Kier alpha value is -2.57. The molecule has 1 fully saturated rings. The molecular formula is C20H28N2O5. The lowest BCUT2D eigenvalue weighted by molar-refractivity contribution is -0.145. The Morgan fingerprint density at radius 3 is 2.59 bits per heavy atom. The van der Waals surface area contributed by atoms with Gasteiger partial charge >= 0.3 is 5.97 Å². The second-order valence-electron chi connectivity index (χ2n) is 6.77. The van der Waals surface area contributed by atoms with Crippen molar-refractivity contribution < 1.29 is 24.2 Å². The van der Waals surface area contributed by atoms with Crippen LogP contribution in [-0.2, 0) is 14.4 Å². The van der Waals surface area contributed by atoms with E-state index in [2.05, 4.69) is 0 Å². The standard InChI is InChI=1S/C20H28N2O5/c1-16(23)22(15-20(25)26)17-7-5-12-21(13-11-17)19(24)10-6-14-27-18-8-3-2-4-9-18/h2-4,8-9,17H,5-7,10-15H2,1H3,(H,25,26). The molecule has 0 bridgehead atoms. The first-order valence-corrected chi connectivity index (χ1v) is 9.42. The van der Waals surface area contributed by atoms with Crippen molar-refractivity contribution in [2.45, 2.75) is 45.1 Å². The van der Waals surface area contributed by atoms with Gasteiger partial charge in [0.2, 0.25) is 11.8 Å². The molecule has 1 heterocycles. The Morgan fingerprint density at radius 1 is 1.19 bits per heavy atom. The summed E-state index contributed by atoms with van der Waals surface area (Å²) in [5.74, 6) is -0.369. The maximum absolute atomic E-state index is 12.4. The van der Waals surface area contributed by atoms with Gasteiger partial charge in [0.1, 0.15) is 12.3 Å². The molecule has 2 rings (SSSR count). The number of carboxylic acid groups (broad SMARTS) is 1. The number of benzene rings is 1. The highest BCUT2D eigenvalue weighted by atomic mass is 16.5. The number of ether oxygens (including phenoxy) is 1. The molecule has 0 aromatic heterocycles. The van der Waals surface area contributed by atoms with E-state index in [1.165, 1.54) is 11.8 Å². The summed E-state index contributed by atoms with van der Waals surface area (Å²) in [6, 6.07) is 9.37. The minimum atomic E-state index is -1.01. The molecule has 7 nitrogen and oxygen atoms in total. The van der Waals surface area contributed by atoms with Crippen LogP contribution in [-0.4, -0.2) is 65.0 Å². The summed E-state index contributed by atoms with van der Waals surface area (Å²) in [4.78, 5) is 38.4. The summed E-state index contributed by atoms with van der Waals surface area (Å²) in [6.45, 7) is 2.79. The fourth-order valence-electron chi connectivity index (χ4n) is 3.37. The molecule has 1 N–H and O–H groups in total.